The average Bonchev–Trinajstić information content (AvgIpc) is 3.24. The van der Waals surface area contributed by atoms with Gasteiger partial charge in [-0.2, -0.15) is 9.78 Å². The molecular weight excluding hydrogens is 380 g/mol. The van der Waals surface area contributed by atoms with Crippen LogP contribution in [0.3, 0.4) is 0 Å². The Balaban J connectivity index is 1.67. The van der Waals surface area contributed by atoms with Crippen molar-refractivity contribution in [3.8, 4) is 11.1 Å². The quantitative estimate of drug-likeness (QED) is 0.430. The van der Waals surface area contributed by atoms with E-state index in [-0.39, 0.29) is 5.56 Å². The van der Waals surface area contributed by atoms with E-state index in [2.05, 4.69) is 15.1 Å². The first-order valence-electron chi connectivity index (χ1n) is 9.31. The molecule has 0 bridgehead atoms. The van der Waals surface area contributed by atoms with Crippen LogP contribution in [0.25, 0.3) is 32.2 Å². The number of aryl methyl sites for hydroxylation is 2. The zero-order chi connectivity index (χ0) is 20.0. The van der Waals surface area contributed by atoms with Gasteiger partial charge in [-0.05, 0) is 25.5 Å². The third-order valence-corrected chi connectivity index (χ3v) is 6.10. The second-order valence-electron chi connectivity index (χ2n) is 6.93. The molecule has 3 heterocycles. The minimum Gasteiger partial charge on any atom is -0.358 e. The van der Waals surface area contributed by atoms with Crippen molar-refractivity contribution in [3.63, 3.8) is 0 Å². The maximum absolute atomic E-state index is 13.3. The lowest BCUT2D eigenvalue weighted by atomic mass is 10.0. The maximum Gasteiger partial charge on any atom is 0.283 e. The van der Waals surface area contributed by atoms with Gasteiger partial charge in [-0.1, -0.05) is 48.5 Å². The first-order valence-corrected chi connectivity index (χ1v) is 10.1. The third kappa shape index (κ3) is 2.89. The molecule has 0 saturated heterocycles. The number of aromatic amines is 1. The van der Waals surface area contributed by atoms with Crippen LogP contribution in [-0.2, 0) is 0 Å². The maximum atomic E-state index is 13.3. The summed E-state index contributed by atoms with van der Waals surface area (Å²) >= 11 is 1.54. The highest BCUT2D eigenvalue weighted by Gasteiger charge is 2.16. The number of thiophene rings is 1. The molecule has 0 fully saturated rings. The van der Waals surface area contributed by atoms with Gasteiger partial charge in [-0.15, -0.1) is 11.3 Å². The number of H-pyrrole nitrogens is 1. The van der Waals surface area contributed by atoms with Crippen molar-refractivity contribution in [1.82, 2.24) is 14.6 Å². The molecule has 6 heteroatoms. The number of hydrogen-bond acceptors (Lipinski definition) is 4. The van der Waals surface area contributed by atoms with Gasteiger partial charge in [0.05, 0.1) is 11.6 Å². The fourth-order valence-electron chi connectivity index (χ4n) is 3.71. The Labute approximate surface area is 171 Å². The highest BCUT2D eigenvalue weighted by atomic mass is 32.1. The van der Waals surface area contributed by atoms with Gasteiger partial charge in [0.15, 0.2) is 0 Å². The molecule has 0 aliphatic carbocycles. The molecule has 29 heavy (non-hydrogen) atoms. The molecule has 0 amide bonds. The normalized spacial score (nSPS) is 11.8. The van der Waals surface area contributed by atoms with Crippen molar-refractivity contribution in [3.05, 3.63) is 87.4 Å². The monoisotopic (exact) mass is 398 g/mol. The molecule has 5 aromatic rings. The lowest BCUT2D eigenvalue weighted by molar-refractivity contribution is 0.819. The van der Waals surface area contributed by atoms with Crippen molar-refractivity contribution < 1.29 is 0 Å². The van der Waals surface area contributed by atoms with E-state index in [1.807, 2.05) is 68.4 Å². The summed E-state index contributed by atoms with van der Waals surface area (Å²) in [6.45, 7) is 4.03. The Morgan fingerprint density at radius 2 is 1.83 bits per heavy atom. The van der Waals surface area contributed by atoms with Gasteiger partial charge in [-0.3, -0.25) is 4.79 Å². The van der Waals surface area contributed by atoms with Crippen LogP contribution in [0.15, 0.2) is 70.8 Å². The van der Waals surface area contributed by atoms with Crippen LogP contribution in [0.4, 0.5) is 0 Å². The van der Waals surface area contributed by atoms with Crippen LogP contribution in [0, 0.1) is 13.8 Å². The molecular formula is C23H18N4OS. The standard InChI is InChI=1S/C23H18N4OS/c1-14-18(17-10-6-7-11-19(17)26-14)12-25-27-13-24-22-21(23(27)28)20(15(2)29-22)16-8-4-3-5-9-16/h3-13,26H,1-2H3/b25-12+. The fraction of sp³-hybridized carbons (Fsp3) is 0.0870. The Kier molecular flexibility index (Phi) is 4.14. The van der Waals surface area contributed by atoms with Gasteiger partial charge in [0.1, 0.15) is 11.2 Å². The summed E-state index contributed by atoms with van der Waals surface area (Å²) in [4.78, 5) is 22.9. The molecule has 0 spiro atoms. The minimum atomic E-state index is -0.160. The highest BCUT2D eigenvalue weighted by molar-refractivity contribution is 7.19. The molecule has 0 unspecified atom stereocenters. The minimum absolute atomic E-state index is 0.160. The van der Waals surface area contributed by atoms with Crippen molar-refractivity contribution in [2.75, 3.05) is 0 Å². The Bertz CT molecular complexity index is 1440. The molecule has 2 aromatic carbocycles. The Morgan fingerprint density at radius 3 is 2.66 bits per heavy atom. The third-order valence-electron chi connectivity index (χ3n) is 5.09. The molecule has 0 aliphatic heterocycles. The number of benzene rings is 2. The average molecular weight is 398 g/mol. The van der Waals surface area contributed by atoms with E-state index in [9.17, 15) is 4.79 Å². The van der Waals surface area contributed by atoms with E-state index >= 15 is 0 Å². The molecule has 5 nitrogen and oxygen atoms in total. The van der Waals surface area contributed by atoms with Crippen LogP contribution in [0.2, 0.25) is 0 Å². The number of aromatic nitrogens is 3. The van der Waals surface area contributed by atoms with Crippen molar-refractivity contribution in [2.45, 2.75) is 13.8 Å². The van der Waals surface area contributed by atoms with E-state index in [0.717, 1.165) is 43.0 Å². The molecule has 3 aromatic heterocycles. The first kappa shape index (κ1) is 17.6. The van der Waals surface area contributed by atoms with Crippen LogP contribution in [0.5, 0.6) is 0 Å². The largest absolute Gasteiger partial charge is 0.358 e. The van der Waals surface area contributed by atoms with Gasteiger partial charge in [0.25, 0.3) is 5.56 Å². The molecule has 0 aliphatic rings. The molecule has 1 N–H and O–H groups in total. The van der Waals surface area contributed by atoms with Crippen LogP contribution in [0.1, 0.15) is 16.1 Å². The van der Waals surface area contributed by atoms with E-state index in [1.54, 1.807) is 6.21 Å². The smallest absolute Gasteiger partial charge is 0.283 e. The number of para-hydroxylation sites is 1. The number of hydrogen-bond donors (Lipinski definition) is 1. The molecule has 0 radical (unpaired) electrons. The Morgan fingerprint density at radius 1 is 1.07 bits per heavy atom. The van der Waals surface area contributed by atoms with Gasteiger partial charge in [0, 0.05) is 32.6 Å². The lowest BCUT2D eigenvalue weighted by Gasteiger charge is -2.02. The lowest BCUT2D eigenvalue weighted by Crippen LogP contribution is -2.17. The van der Waals surface area contributed by atoms with E-state index in [0.29, 0.717) is 5.39 Å². The molecule has 0 saturated carbocycles. The van der Waals surface area contributed by atoms with Gasteiger partial charge < -0.3 is 4.98 Å². The van der Waals surface area contributed by atoms with Gasteiger partial charge in [-0.25, -0.2) is 4.98 Å². The fourth-order valence-corrected chi connectivity index (χ4v) is 4.72. The summed E-state index contributed by atoms with van der Waals surface area (Å²) in [7, 11) is 0. The molecule has 142 valence electrons. The molecule has 5 rings (SSSR count). The predicted octanol–water partition coefficient (Wildman–Crippen LogP) is 5.11. The van der Waals surface area contributed by atoms with Crippen LogP contribution in [-0.4, -0.2) is 20.9 Å². The number of fused-ring (bicyclic) bond motifs is 2. The first-order chi connectivity index (χ1) is 14.1. The van der Waals surface area contributed by atoms with E-state index in [1.165, 1.54) is 22.3 Å². The zero-order valence-corrected chi connectivity index (χ0v) is 16.8. The summed E-state index contributed by atoms with van der Waals surface area (Å²) in [5, 5.41) is 6.15. The summed E-state index contributed by atoms with van der Waals surface area (Å²) in [6, 6.07) is 18.0. The number of rotatable bonds is 3. The van der Waals surface area contributed by atoms with Gasteiger partial charge in [0.2, 0.25) is 0 Å². The Hall–Kier alpha value is -3.51. The van der Waals surface area contributed by atoms with Crippen LogP contribution >= 0.6 is 11.3 Å². The number of nitrogens with one attached hydrogen (secondary N) is 1. The summed E-state index contributed by atoms with van der Waals surface area (Å²) in [5.74, 6) is 0. The number of nitrogens with zero attached hydrogens (tertiary/aromatic N) is 3. The summed E-state index contributed by atoms with van der Waals surface area (Å²) in [5.41, 5.74) is 4.82. The topological polar surface area (TPSA) is 63.0 Å². The van der Waals surface area contributed by atoms with Gasteiger partial charge >= 0.3 is 0 Å². The van der Waals surface area contributed by atoms with Crippen molar-refractivity contribution in [2.24, 2.45) is 5.10 Å². The van der Waals surface area contributed by atoms with E-state index in [4.69, 9.17) is 0 Å². The van der Waals surface area contributed by atoms with Crippen molar-refractivity contribution in [1.29, 1.82) is 0 Å². The van der Waals surface area contributed by atoms with Crippen molar-refractivity contribution >= 4 is 38.7 Å². The van der Waals surface area contributed by atoms with E-state index < -0.39 is 0 Å². The second kappa shape index (κ2) is 6.83. The SMILES string of the molecule is Cc1[nH]c2ccccc2c1/C=N/n1cnc2sc(C)c(-c3ccccc3)c2c1=O. The summed E-state index contributed by atoms with van der Waals surface area (Å²) < 4.78 is 1.32. The predicted molar refractivity (Wildman–Crippen MR) is 120 cm³/mol. The van der Waals surface area contributed by atoms with Crippen LogP contribution < -0.4 is 5.56 Å². The molecule has 0 atom stereocenters. The zero-order valence-electron chi connectivity index (χ0n) is 16.0. The highest BCUT2D eigenvalue weighted by Crippen LogP contribution is 2.35. The second-order valence-corrected chi connectivity index (χ2v) is 8.13. The summed E-state index contributed by atoms with van der Waals surface area (Å²) in [6.07, 6.45) is 3.22.